The molecule has 0 radical (unpaired) electrons. The van der Waals surface area contributed by atoms with Crippen LogP contribution in [0.2, 0.25) is 0 Å². The largest absolute Gasteiger partial charge is 0.386 e. The normalized spacial score (nSPS) is 11.1. The standard InChI is InChI=1S/C16H12O3S/c1-2-20-10-7-8-12-11-5-3-4-6-13(11)15(17)19-16(18)14(12)9-10/h3-9H,2H2,1H3. The molecular formula is C16H12O3S. The van der Waals surface area contributed by atoms with Crippen molar-refractivity contribution in [3.63, 3.8) is 0 Å². The smallest absolute Gasteiger partial charge is 0.346 e. The molecule has 1 aromatic heterocycles. The maximum atomic E-state index is 12.1. The van der Waals surface area contributed by atoms with Gasteiger partial charge in [0.2, 0.25) is 0 Å². The van der Waals surface area contributed by atoms with E-state index in [4.69, 9.17) is 4.42 Å². The first kappa shape index (κ1) is 12.9. The fourth-order valence-electron chi connectivity index (χ4n) is 2.27. The minimum Gasteiger partial charge on any atom is -0.386 e. The van der Waals surface area contributed by atoms with Crippen LogP contribution < -0.4 is 11.3 Å². The Kier molecular flexibility index (Phi) is 3.32. The van der Waals surface area contributed by atoms with E-state index in [1.807, 2.05) is 31.2 Å². The molecule has 1 heterocycles. The highest BCUT2D eigenvalue weighted by Gasteiger charge is 2.08. The summed E-state index contributed by atoms with van der Waals surface area (Å²) in [6.45, 7) is 2.05. The van der Waals surface area contributed by atoms with Gasteiger partial charge in [-0.05, 0) is 34.7 Å². The second kappa shape index (κ2) is 5.13. The van der Waals surface area contributed by atoms with E-state index in [1.165, 1.54) is 0 Å². The Bertz CT molecular complexity index is 912. The van der Waals surface area contributed by atoms with Crippen LogP contribution in [0.25, 0.3) is 21.5 Å². The van der Waals surface area contributed by atoms with E-state index in [9.17, 15) is 9.59 Å². The summed E-state index contributed by atoms with van der Waals surface area (Å²) in [6.07, 6.45) is 0. The summed E-state index contributed by atoms with van der Waals surface area (Å²) in [6, 6.07) is 12.8. The lowest BCUT2D eigenvalue weighted by Crippen LogP contribution is -2.04. The van der Waals surface area contributed by atoms with Crippen LogP contribution in [0.15, 0.2) is 61.4 Å². The summed E-state index contributed by atoms with van der Waals surface area (Å²) in [7, 11) is 0. The van der Waals surface area contributed by atoms with Gasteiger partial charge in [0.05, 0.1) is 10.8 Å². The Labute approximate surface area is 119 Å². The molecule has 0 aliphatic rings. The molecule has 0 aliphatic heterocycles. The molecular weight excluding hydrogens is 272 g/mol. The molecule has 0 unspecified atom stereocenters. The van der Waals surface area contributed by atoms with Crippen LogP contribution >= 0.6 is 11.8 Å². The van der Waals surface area contributed by atoms with Gasteiger partial charge in [-0.15, -0.1) is 11.8 Å². The van der Waals surface area contributed by atoms with Gasteiger partial charge in [0.1, 0.15) is 0 Å². The third-order valence-electron chi connectivity index (χ3n) is 3.14. The molecule has 4 heteroatoms. The van der Waals surface area contributed by atoms with Crippen LogP contribution in [0.3, 0.4) is 0 Å². The monoisotopic (exact) mass is 284 g/mol. The topological polar surface area (TPSA) is 47.3 Å². The summed E-state index contributed by atoms with van der Waals surface area (Å²) < 4.78 is 4.91. The van der Waals surface area contributed by atoms with Crippen molar-refractivity contribution in [3.05, 3.63) is 63.3 Å². The minimum atomic E-state index is -0.591. The zero-order valence-corrected chi connectivity index (χ0v) is 11.7. The molecule has 20 heavy (non-hydrogen) atoms. The Morgan fingerprint density at radius 3 is 2.30 bits per heavy atom. The molecule has 0 saturated heterocycles. The van der Waals surface area contributed by atoms with Crippen molar-refractivity contribution >= 4 is 33.3 Å². The van der Waals surface area contributed by atoms with E-state index in [0.29, 0.717) is 10.8 Å². The molecule has 0 saturated carbocycles. The van der Waals surface area contributed by atoms with E-state index in [1.54, 1.807) is 30.0 Å². The van der Waals surface area contributed by atoms with E-state index in [2.05, 4.69) is 0 Å². The minimum absolute atomic E-state index is 0.426. The van der Waals surface area contributed by atoms with E-state index >= 15 is 0 Å². The molecule has 0 N–H and O–H groups in total. The molecule has 2 aromatic carbocycles. The van der Waals surface area contributed by atoms with Crippen molar-refractivity contribution in [1.82, 2.24) is 0 Å². The van der Waals surface area contributed by atoms with Gasteiger partial charge in [-0.3, -0.25) is 0 Å². The maximum Gasteiger partial charge on any atom is 0.346 e. The van der Waals surface area contributed by atoms with E-state index in [-0.39, 0.29) is 0 Å². The number of thioether (sulfide) groups is 1. The first-order chi connectivity index (χ1) is 9.70. The Hall–Kier alpha value is -2.07. The van der Waals surface area contributed by atoms with Crippen molar-refractivity contribution in [3.8, 4) is 0 Å². The zero-order chi connectivity index (χ0) is 14.1. The van der Waals surface area contributed by atoms with Gasteiger partial charge in [-0.25, -0.2) is 9.59 Å². The fraction of sp³-hybridized carbons (Fsp3) is 0.125. The molecule has 0 aliphatic carbocycles. The van der Waals surface area contributed by atoms with Crippen molar-refractivity contribution in [2.45, 2.75) is 11.8 Å². The molecule has 0 spiro atoms. The molecule has 3 rings (SSSR count). The number of hydrogen-bond donors (Lipinski definition) is 0. The summed E-state index contributed by atoms with van der Waals surface area (Å²) in [5, 5.41) is 2.36. The molecule has 0 fully saturated rings. The Morgan fingerprint density at radius 1 is 0.900 bits per heavy atom. The van der Waals surface area contributed by atoms with Crippen molar-refractivity contribution < 1.29 is 4.42 Å². The second-order valence-corrected chi connectivity index (χ2v) is 5.70. The second-order valence-electron chi connectivity index (χ2n) is 4.36. The molecule has 0 amide bonds. The molecule has 0 bridgehead atoms. The average Bonchev–Trinajstić information content (AvgIpc) is 2.56. The third-order valence-corrected chi connectivity index (χ3v) is 4.02. The van der Waals surface area contributed by atoms with Crippen LogP contribution in [0.1, 0.15) is 6.92 Å². The Balaban J connectivity index is 2.55. The zero-order valence-electron chi connectivity index (χ0n) is 10.9. The van der Waals surface area contributed by atoms with Gasteiger partial charge in [0.15, 0.2) is 0 Å². The predicted octanol–water partition coefficient (Wildman–Crippen LogP) is 3.42. The van der Waals surface area contributed by atoms with E-state index in [0.717, 1.165) is 21.4 Å². The maximum absolute atomic E-state index is 12.1. The highest BCUT2D eigenvalue weighted by molar-refractivity contribution is 7.99. The van der Waals surface area contributed by atoms with Gasteiger partial charge in [0.25, 0.3) is 0 Å². The van der Waals surface area contributed by atoms with Crippen molar-refractivity contribution in [2.75, 3.05) is 5.75 Å². The summed E-state index contributed by atoms with van der Waals surface area (Å²) in [5.74, 6) is 0.920. The van der Waals surface area contributed by atoms with Crippen LogP contribution in [0, 0.1) is 0 Å². The van der Waals surface area contributed by atoms with Crippen LogP contribution in [0.4, 0.5) is 0 Å². The fourth-order valence-corrected chi connectivity index (χ4v) is 2.97. The van der Waals surface area contributed by atoms with Crippen LogP contribution in [0.5, 0.6) is 0 Å². The Morgan fingerprint density at radius 2 is 1.55 bits per heavy atom. The van der Waals surface area contributed by atoms with Crippen LogP contribution in [-0.4, -0.2) is 5.75 Å². The van der Waals surface area contributed by atoms with Crippen molar-refractivity contribution in [2.24, 2.45) is 0 Å². The highest BCUT2D eigenvalue weighted by Crippen LogP contribution is 2.25. The number of rotatable bonds is 2. The van der Waals surface area contributed by atoms with Gasteiger partial charge < -0.3 is 4.42 Å². The first-order valence-electron chi connectivity index (χ1n) is 6.33. The predicted molar refractivity (Wildman–Crippen MR) is 82.7 cm³/mol. The third kappa shape index (κ3) is 2.12. The summed E-state index contributed by atoms with van der Waals surface area (Å²) in [5.41, 5.74) is -1.17. The SMILES string of the molecule is CCSc1ccc2c(c1)c(=O)oc(=O)c1ccccc12. The number of benzene rings is 2. The average molecular weight is 284 g/mol. The van der Waals surface area contributed by atoms with Gasteiger partial charge >= 0.3 is 11.3 Å². The molecule has 3 nitrogen and oxygen atoms in total. The van der Waals surface area contributed by atoms with E-state index < -0.39 is 11.3 Å². The van der Waals surface area contributed by atoms with Gasteiger partial charge in [-0.1, -0.05) is 31.2 Å². The molecule has 0 atom stereocenters. The first-order valence-corrected chi connectivity index (χ1v) is 7.32. The summed E-state index contributed by atoms with van der Waals surface area (Å²) >= 11 is 1.65. The highest BCUT2D eigenvalue weighted by atomic mass is 32.2. The lowest BCUT2D eigenvalue weighted by atomic mass is 10.1. The van der Waals surface area contributed by atoms with Crippen LogP contribution in [-0.2, 0) is 0 Å². The molecule has 100 valence electrons. The van der Waals surface area contributed by atoms with Gasteiger partial charge in [-0.2, -0.15) is 0 Å². The quantitative estimate of drug-likeness (QED) is 0.676. The van der Waals surface area contributed by atoms with Crippen molar-refractivity contribution in [1.29, 1.82) is 0 Å². The lowest BCUT2D eigenvalue weighted by molar-refractivity contribution is 0.491. The van der Waals surface area contributed by atoms with Gasteiger partial charge in [0, 0.05) is 4.90 Å². The summed E-state index contributed by atoms with van der Waals surface area (Å²) in [4.78, 5) is 25.0. The molecule has 3 aromatic rings. The number of fused-ring (bicyclic) bond motifs is 3. The number of hydrogen-bond acceptors (Lipinski definition) is 4. The lowest BCUT2D eigenvalue weighted by Gasteiger charge is -2.00.